The van der Waals surface area contributed by atoms with Gasteiger partial charge in [0.2, 0.25) is 0 Å². The van der Waals surface area contributed by atoms with E-state index in [0.717, 1.165) is 0 Å². The molecule has 0 saturated heterocycles. The van der Waals surface area contributed by atoms with Crippen LogP contribution in [0.25, 0.3) is 0 Å². The van der Waals surface area contributed by atoms with Crippen LogP contribution in [0.5, 0.6) is 0 Å². The van der Waals surface area contributed by atoms with Crippen molar-refractivity contribution in [2.75, 3.05) is 39.6 Å². The number of halogens is 6. The summed E-state index contributed by atoms with van der Waals surface area (Å²) in [6.45, 7) is 3.53. The molecular formula is C8H14F6LiO4P. The Balaban J connectivity index is 0. The fourth-order valence-corrected chi connectivity index (χ4v) is 0.751. The normalized spacial score (nSPS) is 22.5. The van der Waals surface area contributed by atoms with E-state index in [9.17, 15) is 25.2 Å². The summed E-state index contributed by atoms with van der Waals surface area (Å²) in [6.07, 6.45) is 3.04. The van der Waals surface area contributed by atoms with Crippen molar-refractivity contribution in [3.05, 3.63) is 12.5 Å². The maximum atomic E-state index is 9.87. The smallest absolute Gasteiger partial charge is 1.00 e. The number of ether oxygens (including phenoxy) is 4. The first kappa shape index (κ1) is 22.2. The van der Waals surface area contributed by atoms with Gasteiger partial charge in [-0.05, 0) is 0 Å². The van der Waals surface area contributed by atoms with E-state index < -0.39 is 7.81 Å². The Morgan fingerprint density at radius 3 is 1.15 bits per heavy atom. The third-order valence-electron chi connectivity index (χ3n) is 1.31. The van der Waals surface area contributed by atoms with Crippen molar-refractivity contribution < 1.29 is 63.0 Å². The molecule has 0 saturated carbocycles. The molecule has 0 N–H and O–H groups in total. The zero-order valence-electron chi connectivity index (χ0n) is 10.7. The van der Waals surface area contributed by atoms with Crippen molar-refractivity contribution in [2.24, 2.45) is 0 Å². The molecule has 0 bridgehead atoms. The van der Waals surface area contributed by atoms with E-state index in [1.54, 1.807) is 0 Å². The zero-order valence-corrected chi connectivity index (χ0v) is 11.6. The molecule has 4 nitrogen and oxygen atoms in total. The van der Waals surface area contributed by atoms with Gasteiger partial charge < -0.3 is 18.9 Å². The molecule has 0 amide bonds. The Kier molecular flexibility index (Phi) is 9.24. The second-order valence-electron chi connectivity index (χ2n) is 3.20. The summed E-state index contributed by atoms with van der Waals surface area (Å²) in [7, 11) is -10.7. The average Bonchev–Trinajstić information content (AvgIpc) is 2.13. The van der Waals surface area contributed by atoms with Gasteiger partial charge in [-0.25, -0.2) is 0 Å². The van der Waals surface area contributed by atoms with Crippen LogP contribution in [0.3, 0.4) is 0 Å². The van der Waals surface area contributed by atoms with Gasteiger partial charge in [0.05, 0.1) is 26.4 Å². The topological polar surface area (TPSA) is 36.9 Å². The largest absolute Gasteiger partial charge is 1.00 e. The SMILES string of the molecule is C1=C\OCCOCCOCCO/1.F[P-](F)(F)(F)(F)F.[Li+]. The first-order valence-corrected chi connectivity index (χ1v) is 7.08. The van der Waals surface area contributed by atoms with Gasteiger partial charge in [0.25, 0.3) is 0 Å². The molecule has 1 aliphatic rings. The summed E-state index contributed by atoms with van der Waals surface area (Å²) in [5.74, 6) is 0. The predicted molar refractivity (Wildman–Crippen MR) is 56.3 cm³/mol. The van der Waals surface area contributed by atoms with E-state index in [4.69, 9.17) is 18.9 Å². The molecule has 0 fully saturated rings. The molecule has 1 rings (SSSR count). The second kappa shape index (κ2) is 8.34. The summed E-state index contributed by atoms with van der Waals surface area (Å²) in [5, 5.41) is 0. The molecule has 1 heterocycles. The van der Waals surface area contributed by atoms with Crippen LogP contribution < -0.4 is 18.9 Å². The van der Waals surface area contributed by atoms with Gasteiger partial charge in [-0.2, -0.15) is 0 Å². The standard InChI is InChI=1S/C8H14O4.F6P.Li/c1-2-10-5-6-12-8-7-11-4-3-9-1;1-7(2,3,4,5)6;/h1-2H,3-8H2;;/q;-1;+1/b2-1-;;. The van der Waals surface area contributed by atoms with Gasteiger partial charge in [0.1, 0.15) is 25.7 Å². The summed E-state index contributed by atoms with van der Waals surface area (Å²) >= 11 is 0. The molecule has 0 unspecified atom stereocenters. The quantitative estimate of drug-likeness (QED) is 0.377. The van der Waals surface area contributed by atoms with Crippen LogP contribution in [0.1, 0.15) is 0 Å². The molecule has 12 heteroatoms. The van der Waals surface area contributed by atoms with Crippen LogP contribution in [0, 0.1) is 0 Å². The van der Waals surface area contributed by atoms with Gasteiger partial charge in [0, 0.05) is 0 Å². The summed E-state index contributed by atoms with van der Waals surface area (Å²) in [6, 6.07) is 0. The minimum atomic E-state index is -10.7. The average molecular weight is 326 g/mol. The molecule has 1 aliphatic heterocycles. The first-order chi connectivity index (χ1) is 8.45. The summed E-state index contributed by atoms with van der Waals surface area (Å²) in [5.41, 5.74) is 0. The van der Waals surface area contributed by atoms with E-state index in [1.807, 2.05) is 0 Å². The maximum absolute atomic E-state index is 10.7. The van der Waals surface area contributed by atoms with Gasteiger partial charge in [-0.1, -0.05) is 0 Å². The van der Waals surface area contributed by atoms with E-state index in [2.05, 4.69) is 0 Å². The number of rotatable bonds is 0. The summed E-state index contributed by atoms with van der Waals surface area (Å²) in [4.78, 5) is 0. The van der Waals surface area contributed by atoms with Crippen molar-refractivity contribution in [3.8, 4) is 0 Å². The van der Waals surface area contributed by atoms with Gasteiger partial charge in [-0.3, -0.25) is 0 Å². The van der Waals surface area contributed by atoms with Gasteiger partial charge in [0.15, 0.2) is 0 Å². The Labute approximate surface area is 123 Å². The summed E-state index contributed by atoms with van der Waals surface area (Å²) < 4.78 is 79.6. The Morgan fingerprint density at radius 1 is 0.600 bits per heavy atom. The third kappa shape index (κ3) is 36.1. The molecule has 0 aromatic carbocycles. The molecule has 20 heavy (non-hydrogen) atoms. The van der Waals surface area contributed by atoms with Crippen LogP contribution in [0.4, 0.5) is 25.2 Å². The minimum Gasteiger partial charge on any atom is 1.00 e. The number of hydrogen-bond donors (Lipinski definition) is 0. The molecular weight excluding hydrogens is 312 g/mol. The van der Waals surface area contributed by atoms with Crippen LogP contribution in [0.2, 0.25) is 0 Å². The minimum absolute atomic E-state index is 0. The van der Waals surface area contributed by atoms with E-state index in [1.165, 1.54) is 12.5 Å². The molecule has 0 aromatic heterocycles. The molecule has 0 spiro atoms. The molecule has 0 atom stereocenters. The van der Waals surface area contributed by atoms with Crippen LogP contribution in [-0.4, -0.2) is 39.6 Å². The molecule has 118 valence electrons. The van der Waals surface area contributed by atoms with Crippen molar-refractivity contribution in [3.63, 3.8) is 0 Å². The van der Waals surface area contributed by atoms with E-state index >= 15 is 0 Å². The molecule has 0 radical (unpaired) electrons. The first-order valence-electron chi connectivity index (χ1n) is 5.05. The van der Waals surface area contributed by atoms with Crippen molar-refractivity contribution in [1.82, 2.24) is 0 Å². The third-order valence-corrected chi connectivity index (χ3v) is 1.31. The Hall–Kier alpha value is -0.133. The van der Waals surface area contributed by atoms with E-state index in [-0.39, 0.29) is 18.9 Å². The van der Waals surface area contributed by atoms with Crippen molar-refractivity contribution >= 4 is 7.81 Å². The van der Waals surface area contributed by atoms with Crippen molar-refractivity contribution in [1.29, 1.82) is 0 Å². The Bertz CT molecular complexity index is 257. The second-order valence-corrected chi connectivity index (χ2v) is 5.11. The van der Waals surface area contributed by atoms with Crippen LogP contribution >= 0.6 is 7.81 Å². The van der Waals surface area contributed by atoms with Gasteiger partial charge >= 0.3 is 51.9 Å². The monoisotopic (exact) mass is 326 g/mol. The predicted octanol–water partition coefficient (Wildman–Crippen LogP) is 0.924. The number of hydrogen-bond acceptors (Lipinski definition) is 4. The van der Waals surface area contributed by atoms with Crippen LogP contribution in [0.15, 0.2) is 12.5 Å². The fraction of sp³-hybridized carbons (Fsp3) is 0.750. The van der Waals surface area contributed by atoms with Crippen molar-refractivity contribution in [2.45, 2.75) is 0 Å². The van der Waals surface area contributed by atoms with E-state index in [0.29, 0.717) is 39.6 Å². The maximum Gasteiger partial charge on any atom is 1.00 e. The zero-order chi connectivity index (χ0) is 14.9. The van der Waals surface area contributed by atoms with Crippen LogP contribution in [-0.2, 0) is 18.9 Å². The van der Waals surface area contributed by atoms with Gasteiger partial charge in [-0.15, -0.1) is 0 Å². The molecule has 0 aliphatic carbocycles. The Morgan fingerprint density at radius 2 is 0.850 bits per heavy atom. The molecule has 0 aromatic rings. The fourth-order valence-electron chi connectivity index (χ4n) is 0.751.